The van der Waals surface area contributed by atoms with Gasteiger partial charge in [0.2, 0.25) is 5.91 Å². The second-order valence-corrected chi connectivity index (χ2v) is 11.3. The van der Waals surface area contributed by atoms with Gasteiger partial charge in [-0.25, -0.2) is 9.36 Å². The molecule has 0 saturated heterocycles. The first kappa shape index (κ1) is 32.1. The molecule has 2 amide bonds. The third kappa shape index (κ3) is 7.05. The van der Waals surface area contributed by atoms with Crippen LogP contribution in [0.25, 0.3) is 16.6 Å². The second kappa shape index (κ2) is 14.1. The molecule has 5 rings (SSSR count). The Morgan fingerprint density at radius 3 is 1.95 bits per heavy atom. The van der Waals surface area contributed by atoms with E-state index in [4.69, 9.17) is 23.2 Å². The lowest BCUT2D eigenvalue weighted by Gasteiger charge is -2.15. The van der Waals surface area contributed by atoms with Gasteiger partial charge in [0.15, 0.2) is 6.54 Å². The van der Waals surface area contributed by atoms with Gasteiger partial charge in [-0.15, -0.1) is 0 Å². The molecule has 0 spiro atoms. The summed E-state index contributed by atoms with van der Waals surface area (Å²) >= 11 is 13.7. The molecule has 220 valence electrons. The molecule has 0 aliphatic heterocycles. The van der Waals surface area contributed by atoms with Crippen molar-refractivity contribution < 1.29 is 26.6 Å². The van der Waals surface area contributed by atoms with Crippen LogP contribution in [0.1, 0.15) is 11.1 Å². The number of fused-ring (bicyclic) bond motifs is 1. The van der Waals surface area contributed by atoms with Crippen LogP contribution in [0.3, 0.4) is 0 Å². The van der Waals surface area contributed by atoms with E-state index in [0.29, 0.717) is 43.2 Å². The minimum atomic E-state index is -0.311. The van der Waals surface area contributed by atoms with E-state index in [9.17, 15) is 14.4 Å². The van der Waals surface area contributed by atoms with Crippen molar-refractivity contribution in [3.63, 3.8) is 0 Å². The molecule has 2 N–H and O–H groups in total. The van der Waals surface area contributed by atoms with Crippen molar-refractivity contribution in [2.75, 3.05) is 16.4 Å². The molecule has 0 aliphatic carbocycles. The molecular formula is C32H27Cl3N4O3S. The Hall–Kier alpha value is -3.82. The van der Waals surface area contributed by atoms with Crippen molar-refractivity contribution in [3.8, 4) is 5.69 Å². The van der Waals surface area contributed by atoms with E-state index >= 15 is 0 Å². The number of nitrogens with zero attached hydrogens (tertiary/aromatic N) is 2. The van der Waals surface area contributed by atoms with Gasteiger partial charge in [-0.2, -0.15) is 4.57 Å². The number of anilines is 2. The highest BCUT2D eigenvalue weighted by Crippen LogP contribution is 2.25. The number of amides is 2. The van der Waals surface area contributed by atoms with Crippen LogP contribution >= 0.6 is 35.0 Å². The third-order valence-electron chi connectivity index (χ3n) is 6.78. The molecule has 0 unspecified atom stereocenters. The maximum absolute atomic E-state index is 13.9. The number of hydrogen-bond donors (Lipinski definition) is 2. The number of para-hydroxylation sites is 2. The molecular weight excluding hydrogens is 627 g/mol. The standard InChI is InChI=1S/C32H26Cl2N4O3S.ClH/c1-20-24(33)13-8-15-26(20)35-29(39)18-37-28-17-7-6-12-23(28)31(41)38(22-10-4-3-5-11-22)32(37)42-19-30(40)36-27-16-9-14-25(34)21(27)2;/h3-17H,18-19H2,1-2H3,(H-,35,36,39,40);1H. The highest BCUT2D eigenvalue weighted by Gasteiger charge is 2.28. The first-order chi connectivity index (χ1) is 20.2. The number of rotatable bonds is 8. The lowest BCUT2D eigenvalue weighted by atomic mass is 10.2. The molecule has 1 heterocycles. The lowest BCUT2D eigenvalue weighted by Crippen LogP contribution is -3.00. The number of nitrogens with one attached hydrogen (secondary N) is 2. The van der Waals surface area contributed by atoms with Gasteiger partial charge in [-0.3, -0.25) is 9.59 Å². The summed E-state index contributed by atoms with van der Waals surface area (Å²) in [5.74, 6) is -0.614. The summed E-state index contributed by atoms with van der Waals surface area (Å²) in [6, 6.07) is 26.9. The first-order valence-electron chi connectivity index (χ1n) is 13.1. The Morgan fingerprint density at radius 2 is 1.33 bits per heavy atom. The number of thioether (sulfide) groups is 1. The van der Waals surface area contributed by atoms with E-state index in [2.05, 4.69) is 10.6 Å². The normalized spacial score (nSPS) is 10.7. The summed E-state index contributed by atoms with van der Waals surface area (Å²) < 4.78 is 3.31. The zero-order chi connectivity index (χ0) is 29.8. The van der Waals surface area contributed by atoms with E-state index in [1.165, 1.54) is 11.8 Å². The van der Waals surface area contributed by atoms with Crippen molar-refractivity contribution in [2.24, 2.45) is 0 Å². The van der Waals surface area contributed by atoms with Crippen molar-refractivity contribution in [3.05, 3.63) is 123 Å². The van der Waals surface area contributed by atoms with Crippen molar-refractivity contribution >= 4 is 69.1 Å². The van der Waals surface area contributed by atoms with Crippen LogP contribution in [0.4, 0.5) is 11.4 Å². The Balaban J connectivity index is 0.00000423. The number of halogens is 3. The molecule has 0 radical (unpaired) electrons. The summed E-state index contributed by atoms with van der Waals surface area (Å²) in [4.78, 5) is 40.5. The van der Waals surface area contributed by atoms with Gasteiger partial charge in [-0.1, -0.05) is 65.7 Å². The highest BCUT2D eigenvalue weighted by atomic mass is 35.5. The van der Waals surface area contributed by atoms with Gasteiger partial charge in [-0.05, 0) is 85.3 Å². The summed E-state index contributed by atoms with van der Waals surface area (Å²) in [6.07, 6.45) is 0. The Labute approximate surface area is 269 Å². The molecule has 0 aliphatic rings. The average Bonchev–Trinajstić information content (AvgIpc) is 2.99. The van der Waals surface area contributed by atoms with E-state index in [-0.39, 0.29) is 42.1 Å². The summed E-state index contributed by atoms with van der Waals surface area (Å²) in [5.41, 5.74) is 3.64. The molecule has 5 aromatic rings. The van der Waals surface area contributed by atoms with Crippen LogP contribution in [0.2, 0.25) is 10.0 Å². The van der Waals surface area contributed by atoms with Crippen LogP contribution in [0, 0.1) is 13.8 Å². The Bertz CT molecular complexity index is 1880. The van der Waals surface area contributed by atoms with E-state index in [1.54, 1.807) is 63.7 Å². The quantitative estimate of drug-likeness (QED) is 0.152. The van der Waals surface area contributed by atoms with Crippen molar-refractivity contribution in [1.82, 2.24) is 4.57 Å². The minimum Gasteiger partial charge on any atom is -1.00 e. The number of aromatic nitrogens is 2. The fourth-order valence-electron chi connectivity index (χ4n) is 4.56. The number of hydrogen-bond acceptors (Lipinski definition) is 4. The van der Waals surface area contributed by atoms with Gasteiger partial charge in [0, 0.05) is 21.4 Å². The molecule has 0 fully saturated rings. The predicted octanol–water partition coefficient (Wildman–Crippen LogP) is 3.58. The zero-order valence-corrected chi connectivity index (χ0v) is 26.3. The van der Waals surface area contributed by atoms with Crippen LogP contribution in [0.5, 0.6) is 0 Å². The fraction of sp³-hybridized carbons (Fsp3) is 0.125. The fourth-order valence-corrected chi connectivity index (χ4v) is 5.87. The molecule has 7 nitrogen and oxygen atoms in total. The molecule has 0 saturated carbocycles. The van der Waals surface area contributed by atoms with Crippen molar-refractivity contribution in [2.45, 2.75) is 25.5 Å². The predicted molar refractivity (Wildman–Crippen MR) is 170 cm³/mol. The van der Waals surface area contributed by atoms with Gasteiger partial charge >= 0.3 is 10.7 Å². The van der Waals surface area contributed by atoms with Crippen LogP contribution in [-0.2, 0) is 16.1 Å². The molecule has 43 heavy (non-hydrogen) atoms. The summed E-state index contributed by atoms with van der Waals surface area (Å²) in [5, 5.41) is 7.81. The maximum atomic E-state index is 13.9. The monoisotopic (exact) mass is 652 g/mol. The SMILES string of the molecule is Cc1c(Cl)cccc1NC(=O)CSc1n(-c2ccccc2)c(=O)c2ccccc2[n+]1CC(=O)Nc1cccc(Cl)c1C.[Cl-]. The second-order valence-electron chi connectivity index (χ2n) is 9.57. The average molecular weight is 654 g/mol. The lowest BCUT2D eigenvalue weighted by molar-refractivity contribution is -0.701. The molecule has 0 atom stereocenters. The maximum Gasteiger partial charge on any atom is 0.351 e. The number of carbonyl (C=O) groups excluding carboxylic acids is 2. The molecule has 4 aromatic carbocycles. The molecule has 1 aromatic heterocycles. The third-order valence-corrected chi connectivity index (χ3v) is 8.67. The first-order valence-corrected chi connectivity index (χ1v) is 14.8. The van der Waals surface area contributed by atoms with Gasteiger partial charge in [0.25, 0.3) is 5.91 Å². The topological polar surface area (TPSA) is 84.1 Å². The zero-order valence-electron chi connectivity index (χ0n) is 23.2. The summed E-state index contributed by atoms with van der Waals surface area (Å²) in [6.45, 7) is 3.55. The Morgan fingerprint density at radius 1 is 0.767 bits per heavy atom. The highest BCUT2D eigenvalue weighted by molar-refractivity contribution is 7.99. The van der Waals surface area contributed by atoms with E-state index < -0.39 is 0 Å². The van der Waals surface area contributed by atoms with E-state index in [0.717, 1.165) is 11.1 Å². The van der Waals surface area contributed by atoms with Crippen LogP contribution < -0.4 is 33.2 Å². The largest absolute Gasteiger partial charge is 1.00 e. The van der Waals surface area contributed by atoms with Crippen LogP contribution in [-0.4, -0.2) is 22.1 Å². The van der Waals surface area contributed by atoms with Crippen LogP contribution in [0.15, 0.2) is 101 Å². The Kier molecular flexibility index (Phi) is 10.5. The molecule has 0 bridgehead atoms. The van der Waals surface area contributed by atoms with Gasteiger partial charge < -0.3 is 23.0 Å². The summed E-state index contributed by atoms with van der Waals surface area (Å²) in [7, 11) is 0. The van der Waals surface area contributed by atoms with Gasteiger partial charge in [0.05, 0.1) is 5.75 Å². The molecule has 11 heteroatoms. The smallest absolute Gasteiger partial charge is 0.351 e. The van der Waals surface area contributed by atoms with Gasteiger partial charge in [0.1, 0.15) is 16.6 Å². The van der Waals surface area contributed by atoms with Crippen molar-refractivity contribution in [1.29, 1.82) is 0 Å². The minimum absolute atomic E-state index is 0. The number of benzene rings is 4. The number of carbonyl (C=O) groups is 2. The van der Waals surface area contributed by atoms with E-state index in [1.807, 2.05) is 50.2 Å².